The molecule has 0 aliphatic heterocycles. The van der Waals surface area contributed by atoms with Crippen molar-refractivity contribution in [3.63, 3.8) is 0 Å². The Morgan fingerprint density at radius 1 is 0.340 bits per heavy atom. The maximum absolute atomic E-state index is 15.2. The number of ether oxygens (including phenoxy) is 7. The molecule has 4 fully saturated rings. The number of hydrogen-bond acceptors (Lipinski definition) is 13. The van der Waals surface area contributed by atoms with E-state index in [2.05, 4.69) is 120 Å². The zero-order valence-electron chi connectivity index (χ0n) is 89.4. The molecule has 0 aromatic heterocycles. The van der Waals surface area contributed by atoms with Gasteiger partial charge in [0.05, 0.1) is 60.2 Å². The minimum Gasteiger partial charge on any atom is -0.508 e. The fourth-order valence-electron chi connectivity index (χ4n) is 23.0. The van der Waals surface area contributed by atoms with Crippen molar-refractivity contribution >= 4 is 52.2 Å². The quantitative estimate of drug-likeness (QED) is 0.0209. The largest absolute Gasteiger partial charge is 0.508 e. The Labute approximate surface area is 875 Å². The summed E-state index contributed by atoms with van der Waals surface area (Å²) in [6, 6.07) is 63.2. The van der Waals surface area contributed by atoms with E-state index in [0.29, 0.717) is 90.9 Å². The molecule has 4 atom stereocenters. The standard InChI is InChI=1S/2C37H43FO4.C24H28ClFO.2C15H20O3/c2*1-36(2)20-28(21-37(3,4)23-36)32-16-25(11-13-31(32)33-19-29(41-5)12-14-34(33)38)22-42-30-8-6-7-26(17-30)27(18-35(39)40)15-24-9-10-24;1-23(2)12-17(13-24(3,4)15-23)20-10-16(14-25)6-8-19(20)21-11-18(27-5)7-9-22(21)26;2*1-2-18-15(17)10-13(8-11-6-7-11)12-4-3-5-14(16)9-12/h2*6-8,11-14,16-17,19-20,24,27H,9-10,15,18,21-23H2,1-5H3,(H,39,40);6-12H,13-15H2,1-5H3;2*3-5,9,11,13,16H,2,6-8,10H2,1H3/t2*27-;;2*13-/m10.10/s1. The van der Waals surface area contributed by atoms with Crippen LogP contribution in [0.4, 0.5) is 13.2 Å². The maximum Gasteiger partial charge on any atom is 0.306 e. The number of hydrogen-bond donors (Lipinski definition) is 4. The Hall–Kier alpha value is -12.0. The molecule has 19 heteroatoms. The monoisotopic (exact) mass is 2020 g/mol. The first-order valence-electron chi connectivity index (χ1n) is 52.8. The molecule has 0 unspecified atom stereocenters. The predicted molar refractivity (Wildman–Crippen MR) is 584 cm³/mol. The van der Waals surface area contributed by atoms with Crippen LogP contribution in [0.15, 0.2) is 224 Å². The molecule has 7 aliphatic rings. The fraction of sp³-hybridized carbons (Fsp3) is 0.453. The highest BCUT2D eigenvalue weighted by Crippen LogP contribution is 2.55. The highest BCUT2D eigenvalue weighted by Gasteiger charge is 2.40. The number of aromatic hydroxyl groups is 2. The number of carbonyl (C=O) groups is 4. The summed E-state index contributed by atoms with van der Waals surface area (Å²) in [5, 5.41) is 38.0. The van der Waals surface area contributed by atoms with Crippen LogP contribution in [0.25, 0.3) is 50.1 Å². The third-order valence-corrected chi connectivity index (χ3v) is 29.3. The van der Waals surface area contributed by atoms with Crippen LogP contribution in [0.3, 0.4) is 0 Å². The number of benzene rings is 10. The van der Waals surface area contributed by atoms with Gasteiger partial charge in [-0.25, -0.2) is 13.2 Å². The number of esters is 2. The summed E-state index contributed by atoms with van der Waals surface area (Å²) in [4.78, 5) is 46.3. The minimum absolute atomic E-state index is 0.00727. The van der Waals surface area contributed by atoms with Crippen molar-refractivity contribution in [3.8, 4) is 73.6 Å². The number of alkyl halides is 1. The fourth-order valence-corrected chi connectivity index (χ4v) is 23.1. The Morgan fingerprint density at radius 3 is 0.898 bits per heavy atom. The zero-order chi connectivity index (χ0) is 106. The van der Waals surface area contributed by atoms with Gasteiger partial charge in [0.15, 0.2) is 0 Å². The Morgan fingerprint density at radius 2 is 0.626 bits per heavy atom. The lowest BCUT2D eigenvalue weighted by Gasteiger charge is -2.40. The molecule has 0 heterocycles. The number of carboxylic acids is 2. The predicted octanol–water partition coefficient (Wildman–Crippen LogP) is 33.3. The SMILES string of the molecule is CCOC(=O)C[C@@H](CC1CC1)c1cccc(O)c1.CCOC(=O)C[C@H](CC1CC1)c1cccc(O)c1.COc1ccc(F)c(-c2ccc(CCl)cc2C2=CC(C)(C)CC(C)(C)C2)c1.COc1ccc(F)c(-c2ccc(COc3cccc([C@@H](CC(=O)O)CC4CC4)c3)cc2C2=CC(C)(C)CC(C)(C)C2)c1.COc1ccc(F)c(-c2ccc(COc3cccc([C@H](CC(=O)O)CC4CC4)c3)cc2C2=CC(C)(C)CC(C)(C)C2)c1. The van der Waals surface area contributed by atoms with Crippen molar-refractivity contribution in [1.29, 1.82) is 0 Å². The summed E-state index contributed by atoms with van der Waals surface area (Å²) in [6.07, 6.45) is 27.8. The van der Waals surface area contributed by atoms with E-state index in [4.69, 9.17) is 44.8 Å². The van der Waals surface area contributed by atoms with E-state index >= 15 is 8.78 Å². The van der Waals surface area contributed by atoms with E-state index < -0.39 is 11.9 Å². The molecule has 0 amide bonds. The molecule has 0 bridgehead atoms. The topological polar surface area (TPSA) is 214 Å². The second kappa shape index (κ2) is 49.9. The van der Waals surface area contributed by atoms with Gasteiger partial charge < -0.3 is 53.6 Å². The first-order chi connectivity index (χ1) is 69.8. The molecular weight excluding hydrogens is 1870 g/mol. The van der Waals surface area contributed by atoms with E-state index in [1.165, 1.54) is 86.3 Å². The van der Waals surface area contributed by atoms with Crippen molar-refractivity contribution in [2.45, 2.75) is 281 Å². The van der Waals surface area contributed by atoms with E-state index in [0.717, 1.165) is 160 Å². The van der Waals surface area contributed by atoms with Crippen molar-refractivity contribution in [2.75, 3.05) is 34.5 Å². The van der Waals surface area contributed by atoms with Crippen molar-refractivity contribution < 1.29 is 85.9 Å². The molecule has 147 heavy (non-hydrogen) atoms. The lowest BCUT2D eigenvalue weighted by atomic mass is 9.65. The van der Waals surface area contributed by atoms with Crippen molar-refractivity contribution in [1.82, 2.24) is 0 Å². The van der Waals surface area contributed by atoms with E-state index in [9.17, 15) is 44.0 Å². The van der Waals surface area contributed by atoms with E-state index in [-0.39, 0.29) is 110 Å². The molecule has 4 N–H and O–H groups in total. The van der Waals surface area contributed by atoms with Crippen LogP contribution in [0.5, 0.6) is 40.2 Å². The molecule has 15 nitrogen and oxygen atoms in total. The average molecular weight is 2030 g/mol. The molecule has 784 valence electrons. The number of phenols is 2. The molecule has 4 saturated carbocycles. The number of carboxylic acid groups (broad SMARTS) is 2. The summed E-state index contributed by atoms with van der Waals surface area (Å²) in [5.74, 6) is 4.73. The highest BCUT2D eigenvalue weighted by atomic mass is 35.5. The van der Waals surface area contributed by atoms with Gasteiger partial charge in [0.25, 0.3) is 0 Å². The Balaban J connectivity index is 0.000000160. The summed E-state index contributed by atoms with van der Waals surface area (Å²) in [5.41, 5.74) is 18.6. The minimum atomic E-state index is -0.768. The van der Waals surface area contributed by atoms with Crippen LogP contribution in [0.2, 0.25) is 0 Å². The summed E-state index contributed by atoms with van der Waals surface area (Å²) >= 11 is 6.11. The second-order valence-electron chi connectivity index (χ2n) is 46.5. The normalized spacial score (nSPS) is 17.7. The van der Waals surface area contributed by atoms with Gasteiger partial charge in [0, 0.05) is 22.6 Å². The molecule has 0 saturated heterocycles. The summed E-state index contributed by atoms with van der Waals surface area (Å²) in [6.45, 7) is 32.6. The van der Waals surface area contributed by atoms with E-state index in [1.807, 2.05) is 123 Å². The van der Waals surface area contributed by atoms with Gasteiger partial charge in [-0.15, -0.1) is 11.6 Å². The maximum atomic E-state index is 15.2. The Bertz CT molecular complexity index is 6010. The third-order valence-electron chi connectivity index (χ3n) is 29.0. The first kappa shape index (κ1) is 112. The molecular formula is C128H154ClF3O15. The van der Waals surface area contributed by atoms with Crippen LogP contribution in [0, 0.1) is 73.6 Å². The van der Waals surface area contributed by atoms with Crippen LogP contribution < -0.4 is 23.7 Å². The van der Waals surface area contributed by atoms with Gasteiger partial charge in [-0.05, 0) is 368 Å². The Kier molecular flexibility index (Phi) is 38.0. The van der Waals surface area contributed by atoms with Crippen LogP contribution in [-0.2, 0) is 47.7 Å². The van der Waals surface area contributed by atoms with Gasteiger partial charge in [-0.2, -0.15) is 0 Å². The first-order valence-corrected chi connectivity index (χ1v) is 53.3. The number of carbonyl (C=O) groups excluding carboxylic acids is 2. The van der Waals surface area contributed by atoms with Gasteiger partial charge in [0.1, 0.15) is 70.9 Å². The number of aliphatic carboxylic acids is 2. The number of phenolic OH excluding ortho intramolecular Hbond substituents is 2. The lowest BCUT2D eigenvalue weighted by molar-refractivity contribution is -0.144. The number of allylic oxidation sites excluding steroid dienone is 6. The number of halogens is 4. The van der Waals surface area contributed by atoms with Gasteiger partial charge in [-0.1, -0.05) is 238 Å². The molecule has 10 aromatic carbocycles. The van der Waals surface area contributed by atoms with E-state index in [1.54, 1.807) is 82.0 Å². The van der Waals surface area contributed by atoms with Gasteiger partial charge >= 0.3 is 23.9 Å². The number of rotatable bonds is 38. The lowest BCUT2D eigenvalue weighted by Crippen LogP contribution is -2.27. The smallest absolute Gasteiger partial charge is 0.306 e. The zero-order valence-corrected chi connectivity index (χ0v) is 90.1. The molecule has 17 rings (SSSR count). The third kappa shape index (κ3) is 34.0. The molecule has 0 spiro atoms. The molecule has 7 aliphatic carbocycles. The number of methoxy groups -OCH3 is 3. The van der Waals surface area contributed by atoms with Crippen LogP contribution in [0.1, 0.15) is 317 Å². The second-order valence-corrected chi connectivity index (χ2v) is 46.7. The van der Waals surface area contributed by atoms with Crippen LogP contribution in [-0.4, -0.2) is 78.8 Å². The van der Waals surface area contributed by atoms with Crippen molar-refractivity contribution in [2.24, 2.45) is 56.2 Å². The van der Waals surface area contributed by atoms with Gasteiger partial charge in [0.2, 0.25) is 0 Å². The summed E-state index contributed by atoms with van der Waals surface area (Å²) in [7, 11) is 4.79. The van der Waals surface area contributed by atoms with Gasteiger partial charge in [-0.3, -0.25) is 19.2 Å². The van der Waals surface area contributed by atoms with Crippen LogP contribution >= 0.6 is 11.6 Å². The average Bonchev–Trinajstić information content (AvgIpc) is 1.71. The highest BCUT2D eigenvalue weighted by molar-refractivity contribution is 6.17. The van der Waals surface area contributed by atoms with Crippen molar-refractivity contribution in [3.05, 3.63) is 298 Å². The molecule has 10 aromatic rings. The molecule has 0 radical (unpaired) electrons. The summed E-state index contributed by atoms with van der Waals surface area (Å²) < 4.78 is 84.0.